The van der Waals surface area contributed by atoms with Crippen molar-refractivity contribution in [2.45, 2.75) is 13.8 Å². The summed E-state index contributed by atoms with van der Waals surface area (Å²) in [7, 11) is 0. The Bertz CT molecular complexity index is 836. The molecule has 3 rings (SSSR count). The lowest BCUT2D eigenvalue weighted by Crippen LogP contribution is -2.01. The number of hydrogen-bond donors (Lipinski definition) is 1. The van der Waals surface area contributed by atoms with Crippen LogP contribution in [-0.2, 0) is 0 Å². The van der Waals surface area contributed by atoms with Crippen molar-refractivity contribution in [1.82, 2.24) is 9.78 Å². The van der Waals surface area contributed by atoms with Crippen LogP contribution in [0.2, 0.25) is 0 Å². The zero-order valence-corrected chi connectivity index (χ0v) is 12.4. The number of phenolic OH excluding ortho intramolecular Hbond substituents is 1. The van der Waals surface area contributed by atoms with E-state index in [4.69, 9.17) is 0 Å². The van der Waals surface area contributed by atoms with Gasteiger partial charge in [-0.05, 0) is 49.7 Å². The Morgan fingerprint density at radius 2 is 1.86 bits per heavy atom. The van der Waals surface area contributed by atoms with Gasteiger partial charge in [-0.1, -0.05) is 18.2 Å². The first-order chi connectivity index (χ1) is 10.6. The Labute approximate surface area is 128 Å². The summed E-state index contributed by atoms with van der Waals surface area (Å²) in [6.07, 6.45) is 1.68. The fourth-order valence-corrected chi connectivity index (χ4v) is 2.52. The molecule has 0 atom stereocenters. The molecule has 0 saturated heterocycles. The fourth-order valence-electron chi connectivity index (χ4n) is 2.52. The molecule has 3 aromatic rings. The molecule has 0 unspecified atom stereocenters. The zero-order chi connectivity index (χ0) is 15.7. The summed E-state index contributed by atoms with van der Waals surface area (Å²) >= 11 is 0. The number of aromatic hydroxyl groups is 1. The van der Waals surface area contributed by atoms with E-state index in [1.165, 1.54) is 6.92 Å². The van der Waals surface area contributed by atoms with Gasteiger partial charge in [-0.2, -0.15) is 5.10 Å². The molecule has 2 aromatic carbocycles. The standard InChI is InChI=1S/C18H16N2O2/c1-12-10-15(13(2)21)18(22)16(11-12)17-8-9-19-20(17)14-6-4-3-5-7-14/h3-11,22H,1-2H3. The average Bonchev–Trinajstić information content (AvgIpc) is 2.99. The van der Waals surface area contributed by atoms with Gasteiger partial charge in [0.25, 0.3) is 0 Å². The minimum absolute atomic E-state index is 0.00391. The second-order valence-electron chi connectivity index (χ2n) is 5.23. The molecule has 1 N–H and O–H groups in total. The van der Waals surface area contributed by atoms with E-state index >= 15 is 0 Å². The molecule has 0 spiro atoms. The lowest BCUT2D eigenvalue weighted by atomic mass is 10.00. The third-order valence-electron chi connectivity index (χ3n) is 3.55. The molecule has 0 bridgehead atoms. The number of para-hydroxylation sites is 1. The number of ketones is 1. The number of phenols is 1. The van der Waals surface area contributed by atoms with Crippen molar-refractivity contribution in [2.75, 3.05) is 0 Å². The number of nitrogens with zero attached hydrogens (tertiary/aromatic N) is 2. The molecule has 110 valence electrons. The van der Waals surface area contributed by atoms with E-state index in [0.717, 1.165) is 16.9 Å². The van der Waals surface area contributed by atoms with Crippen molar-refractivity contribution in [3.05, 3.63) is 65.9 Å². The highest BCUT2D eigenvalue weighted by Gasteiger charge is 2.17. The highest BCUT2D eigenvalue weighted by Crippen LogP contribution is 2.34. The zero-order valence-electron chi connectivity index (χ0n) is 12.4. The van der Waals surface area contributed by atoms with E-state index in [2.05, 4.69) is 5.10 Å². The topological polar surface area (TPSA) is 55.1 Å². The van der Waals surface area contributed by atoms with Crippen molar-refractivity contribution in [2.24, 2.45) is 0 Å². The van der Waals surface area contributed by atoms with Crippen molar-refractivity contribution < 1.29 is 9.90 Å². The van der Waals surface area contributed by atoms with Crippen molar-refractivity contribution in [3.63, 3.8) is 0 Å². The minimum atomic E-state index is -0.159. The summed E-state index contributed by atoms with van der Waals surface area (Å²) in [6, 6.07) is 15.1. The molecule has 0 amide bonds. The molecular weight excluding hydrogens is 276 g/mol. The van der Waals surface area contributed by atoms with Crippen molar-refractivity contribution in [1.29, 1.82) is 0 Å². The van der Waals surface area contributed by atoms with Gasteiger partial charge in [-0.25, -0.2) is 4.68 Å². The van der Waals surface area contributed by atoms with Gasteiger partial charge < -0.3 is 5.11 Å². The molecule has 22 heavy (non-hydrogen) atoms. The van der Waals surface area contributed by atoms with E-state index in [9.17, 15) is 9.90 Å². The van der Waals surface area contributed by atoms with Gasteiger partial charge in [0.05, 0.1) is 23.1 Å². The molecule has 0 radical (unpaired) electrons. The molecule has 1 heterocycles. The molecule has 0 fully saturated rings. The number of rotatable bonds is 3. The second-order valence-corrected chi connectivity index (χ2v) is 5.23. The van der Waals surface area contributed by atoms with Crippen LogP contribution in [0.3, 0.4) is 0 Å². The Morgan fingerprint density at radius 1 is 1.14 bits per heavy atom. The highest BCUT2D eigenvalue weighted by atomic mass is 16.3. The summed E-state index contributed by atoms with van der Waals surface area (Å²) in [5.74, 6) is -0.163. The molecule has 4 nitrogen and oxygen atoms in total. The van der Waals surface area contributed by atoms with Gasteiger partial charge >= 0.3 is 0 Å². The SMILES string of the molecule is CC(=O)c1cc(C)cc(-c2ccnn2-c2ccccc2)c1O. The first kappa shape index (κ1) is 14.1. The highest BCUT2D eigenvalue weighted by molar-refractivity contribution is 5.99. The van der Waals surface area contributed by atoms with Crippen LogP contribution in [0, 0.1) is 6.92 Å². The van der Waals surface area contributed by atoms with Gasteiger partial charge in [0, 0.05) is 5.56 Å². The number of aromatic nitrogens is 2. The monoisotopic (exact) mass is 292 g/mol. The lowest BCUT2D eigenvalue weighted by Gasteiger charge is -2.12. The molecule has 0 saturated carbocycles. The molecule has 0 aliphatic carbocycles. The maximum Gasteiger partial charge on any atom is 0.163 e. The van der Waals surface area contributed by atoms with Crippen molar-refractivity contribution >= 4 is 5.78 Å². The third-order valence-corrected chi connectivity index (χ3v) is 3.55. The van der Waals surface area contributed by atoms with E-state index in [1.54, 1.807) is 16.9 Å². The largest absolute Gasteiger partial charge is 0.506 e. The van der Waals surface area contributed by atoms with Crippen LogP contribution in [0.25, 0.3) is 16.9 Å². The van der Waals surface area contributed by atoms with Crippen LogP contribution < -0.4 is 0 Å². The summed E-state index contributed by atoms with van der Waals surface area (Å²) < 4.78 is 1.75. The van der Waals surface area contributed by atoms with Crippen LogP contribution in [-0.4, -0.2) is 20.7 Å². The van der Waals surface area contributed by atoms with Gasteiger partial charge in [0.1, 0.15) is 5.75 Å². The molecule has 4 heteroatoms. The Morgan fingerprint density at radius 3 is 2.55 bits per heavy atom. The smallest absolute Gasteiger partial charge is 0.163 e. The fraction of sp³-hybridized carbons (Fsp3) is 0.111. The van der Waals surface area contributed by atoms with E-state index in [-0.39, 0.29) is 11.5 Å². The quantitative estimate of drug-likeness (QED) is 0.748. The van der Waals surface area contributed by atoms with Crippen LogP contribution in [0.15, 0.2) is 54.7 Å². The first-order valence-corrected chi connectivity index (χ1v) is 7.02. The van der Waals surface area contributed by atoms with Crippen LogP contribution in [0.5, 0.6) is 5.75 Å². The summed E-state index contributed by atoms with van der Waals surface area (Å²) in [5.41, 5.74) is 3.49. The average molecular weight is 292 g/mol. The second kappa shape index (κ2) is 5.48. The number of hydrogen-bond acceptors (Lipinski definition) is 3. The molecule has 0 aliphatic heterocycles. The van der Waals surface area contributed by atoms with Crippen LogP contribution >= 0.6 is 0 Å². The Kier molecular flexibility index (Phi) is 3.51. The normalized spacial score (nSPS) is 10.6. The van der Waals surface area contributed by atoms with E-state index in [1.807, 2.05) is 49.4 Å². The number of carbonyl (C=O) groups excluding carboxylic acids is 1. The lowest BCUT2D eigenvalue weighted by molar-refractivity contribution is 0.101. The number of Topliss-reactive ketones (excluding diaryl/α,β-unsaturated/α-hetero) is 1. The maximum absolute atomic E-state index is 11.7. The molecular formula is C18H16N2O2. The molecule has 0 aliphatic rings. The Hall–Kier alpha value is -2.88. The predicted molar refractivity (Wildman–Crippen MR) is 85.4 cm³/mol. The van der Waals surface area contributed by atoms with Gasteiger partial charge in [0.15, 0.2) is 5.78 Å². The summed E-state index contributed by atoms with van der Waals surface area (Å²) in [6.45, 7) is 3.35. The predicted octanol–water partition coefficient (Wildman–Crippen LogP) is 3.76. The van der Waals surface area contributed by atoms with Gasteiger partial charge in [-0.3, -0.25) is 4.79 Å². The maximum atomic E-state index is 11.7. The van der Waals surface area contributed by atoms with Gasteiger partial charge in [-0.15, -0.1) is 0 Å². The first-order valence-electron chi connectivity index (χ1n) is 7.02. The van der Waals surface area contributed by atoms with Crippen LogP contribution in [0.1, 0.15) is 22.8 Å². The summed E-state index contributed by atoms with van der Waals surface area (Å²) in [4.78, 5) is 11.7. The van der Waals surface area contributed by atoms with E-state index in [0.29, 0.717) is 11.1 Å². The number of aryl methyl sites for hydroxylation is 1. The number of carbonyl (C=O) groups is 1. The third kappa shape index (κ3) is 2.39. The van der Waals surface area contributed by atoms with Gasteiger partial charge in [0.2, 0.25) is 0 Å². The molecule has 1 aromatic heterocycles. The van der Waals surface area contributed by atoms with Crippen molar-refractivity contribution in [3.8, 4) is 22.7 Å². The van der Waals surface area contributed by atoms with Crippen LogP contribution in [0.4, 0.5) is 0 Å². The summed E-state index contributed by atoms with van der Waals surface area (Å²) in [5, 5.41) is 14.8. The number of benzene rings is 2. The van der Waals surface area contributed by atoms with E-state index < -0.39 is 0 Å². The Balaban J connectivity index is 2.22. The minimum Gasteiger partial charge on any atom is -0.506 e.